The van der Waals surface area contributed by atoms with Gasteiger partial charge in [0.05, 0.1) is 45.3 Å². The number of fused-ring (bicyclic) bond motifs is 1. The Morgan fingerprint density at radius 1 is 1.11 bits per heavy atom. The molecule has 1 aromatic heterocycles. The van der Waals surface area contributed by atoms with Crippen LogP contribution in [0.1, 0.15) is 34.2 Å². The lowest BCUT2D eigenvalue weighted by Gasteiger charge is -2.36. The number of benzene rings is 3. The van der Waals surface area contributed by atoms with Crippen molar-refractivity contribution in [2.45, 2.75) is 26.3 Å². The number of aryl methyl sites for hydroxylation is 1. The average molecular weight is 670 g/mol. The lowest BCUT2D eigenvalue weighted by atomic mass is 9.87. The van der Waals surface area contributed by atoms with Gasteiger partial charge in [0.25, 0.3) is 12.3 Å². The first-order chi connectivity index (χ1) is 20.9. The van der Waals surface area contributed by atoms with Crippen molar-refractivity contribution in [3.63, 3.8) is 0 Å². The van der Waals surface area contributed by atoms with E-state index in [1.165, 1.54) is 24.3 Å². The van der Waals surface area contributed by atoms with Crippen LogP contribution in [-0.2, 0) is 29.5 Å². The van der Waals surface area contributed by atoms with E-state index in [9.17, 15) is 22.8 Å². The van der Waals surface area contributed by atoms with Crippen LogP contribution in [0.3, 0.4) is 0 Å². The zero-order valence-corrected chi connectivity index (χ0v) is 25.7. The number of hydrogen-bond acceptors (Lipinski definition) is 5. The minimum absolute atomic E-state index is 0.0670. The minimum atomic E-state index is -2.79. The summed E-state index contributed by atoms with van der Waals surface area (Å²) in [5.41, 5.74) is 1.65. The third kappa shape index (κ3) is 6.61. The Bertz CT molecular complexity index is 1760. The number of imidazole rings is 1. The summed E-state index contributed by atoms with van der Waals surface area (Å²) >= 11 is 19.1. The van der Waals surface area contributed by atoms with Gasteiger partial charge in [0.1, 0.15) is 24.0 Å². The van der Waals surface area contributed by atoms with Gasteiger partial charge in [-0.25, -0.2) is 18.2 Å². The molecular formula is C30H26Cl3F3N4O4. The predicted molar refractivity (Wildman–Crippen MR) is 162 cm³/mol. The van der Waals surface area contributed by atoms with Crippen molar-refractivity contribution in [2.75, 3.05) is 25.1 Å². The Hall–Kier alpha value is -3.51. The van der Waals surface area contributed by atoms with Crippen LogP contribution in [0.4, 0.5) is 18.9 Å². The topological polar surface area (TPSA) is 94.5 Å². The summed E-state index contributed by atoms with van der Waals surface area (Å²) in [6.07, 6.45) is -2.61. The first-order valence-corrected chi connectivity index (χ1v) is 14.5. The third-order valence-corrected chi connectivity index (χ3v) is 8.41. The van der Waals surface area contributed by atoms with Crippen molar-refractivity contribution >= 4 is 63.3 Å². The Balaban J connectivity index is 1.44. The predicted octanol–water partition coefficient (Wildman–Crippen LogP) is 6.81. The van der Waals surface area contributed by atoms with Crippen LogP contribution >= 0.6 is 34.8 Å². The molecule has 8 nitrogen and oxygen atoms in total. The van der Waals surface area contributed by atoms with Gasteiger partial charge in [-0.05, 0) is 48.4 Å². The van der Waals surface area contributed by atoms with Crippen molar-refractivity contribution < 1.29 is 32.2 Å². The van der Waals surface area contributed by atoms with Crippen LogP contribution in [0.15, 0.2) is 42.5 Å². The number of alkyl halides is 2. The van der Waals surface area contributed by atoms with Crippen LogP contribution < -0.4 is 15.4 Å². The Morgan fingerprint density at radius 2 is 1.86 bits per heavy atom. The number of carbonyl (C=O) groups excluding carboxylic acids is 2. The summed E-state index contributed by atoms with van der Waals surface area (Å²) in [4.78, 5) is 30.4. The zero-order chi connectivity index (χ0) is 31.8. The van der Waals surface area contributed by atoms with Crippen molar-refractivity contribution in [3.8, 4) is 5.75 Å². The molecule has 2 N–H and O–H groups in total. The molecule has 0 bridgehead atoms. The van der Waals surface area contributed by atoms with Crippen LogP contribution in [0.2, 0.25) is 15.1 Å². The second kappa shape index (κ2) is 12.8. The molecule has 3 aromatic carbocycles. The molecule has 1 saturated heterocycles. The number of ether oxygens (including phenoxy) is 2. The van der Waals surface area contributed by atoms with E-state index in [1.807, 2.05) is 6.92 Å². The van der Waals surface area contributed by atoms with Crippen LogP contribution in [-0.4, -0.2) is 47.6 Å². The molecule has 0 aliphatic carbocycles. The molecule has 232 valence electrons. The second-order valence-corrected chi connectivity index (χ2v) is 11.8. The van der Waals surface area contributed by atoms with Gasteiger partial charge < -0.3 is 24.7 Å². The number of nitrogens with one attached hydrogen (secondary N) is 2. The highest BCUT2D eigenvalue weighted by atomic mass is 35.5. The largest absolute Gasteiger partial charge is 0.487 e. The standard InChI is InChI=1S/C30H26Cl3F3N4O4/c1-30(13-43-14-30)29(42)37-11-15-3-5-19(31)17(27(15)33)9-26-39-22-8-18(24(44-12-25(35)36)10-23(22)40(26)2)28(41)38-16-4-6-21(34)20(32)7-16/h3-8,10,25H,9,11-14H2,1-2H3,(H,37,42)(H,38,41). The molecule has 1 aliphatic rings. The smallest absolute Gasteiger partial charge is 0.272 e. The zero-order valence-electron chi connectivity index (χ0n) is 23.4. The summed E-state index contributed by atoms with van der Waals surface area (Å²) in [5.74, 6) is -1.10. The van der Waals surface area contributed by atoms with E-state index in [2.05, 4.69) is 15.6 Å². The highest BCUT2D eigenvalue weighted by Gasteiger charge is 2.40. The van der Waals surface area contributed by atoms with Gasteiger partial charge >= 0.3 is 0 Å². The van der Waals surface area contributed by atoms with E-state index in [-0.39, 0.29) is 40.9 Å². The monoisotopic (exact) mass is 668 g/mol. The Kier molecular flexibility index (Phi) is 9.31. The van der Waals surface area contributed by atoms with Gasteiger partial charge in [-0.1, -0.05) is 40.9 Å². The quantitative estimate of drug-likeness (QED) is 0.194. The average Bonchev–Trinajstić information content (AvgIpc) is 3.27. The first kappa shape index (κ1) is 31.9. The molecule has 0 spiro atoms. The highest BCUT2D eigenvalue weighted by molar-refractivity contribution is 6.36. The number of halogens is 6. The fourth-order valence-corrected chi connectivity index (χ4v) is 5.43. The molecule has 0 unspecified atom stereocenters. The maximum absolute atomic E-state index is 13.6. The molecule has 2 heterocycles. The summed E-state index contributed by atoms with van der Waals surface area (Å²) in [7, 11) is 1.72. The summed E-state index contributed by atoms with van der Waals surface area (Å²) in [5, 5.41) is 6.01. The van der Waals surface area contributed by atoms with Gasteiger partial charge in [-0.2, -0.15) is 0 Å². The molecule has 0 saturated carbocycles. The Morgan fingerprint density at radius 3 is 2.52 bits per heavy atom. The van der Waals surface area contributed by atoms with E-state index in [1.54, 1.807) is 23.7 Å². The van der Waals surface area contributed by atoms with Crippen LogP contribution in [0, 0.1) is 11.2 Å². The summed E-state index contributed by atoms with van der Waals surface area (Å²) < 4.78 is 51.9. The number of hydrogen-bond donors (Lipinski definition) is 2. The number of aromatic nitrogens is 2. The van der Waals surface area contributed by atoms with E-state index >= 15 is 0 Å². The van der Waals surface area contributed by atoms with E-state index in [0.717, 1.165) is 6.07 Å². The van der Waals surface area contributed by atoms with Crippen molar-refractivity contribution in [3.05, 3.63) is 85.9 Å². The normalized spacial score (nSPS) is 14.0. The molecule has 1 aliphatic heterocycles. The maximum Gasteiger partial charge on any atom is 0.272 e. The SMILES string of the molecule is Cn1c(Cc2c(Cl)ccc(CNC(=O)C3(C)COC3)c2Cl)nc2cc(C(=O)Nc3ccc(F)c(Cl)c3)c(OCC(F)F)cc21. The van der Waals surface area contributed by atoms with E-state index in [4.69, 9.17) is 44.3 Å². The number of nitrogens with zero attached hydrogens (tertiary/aromatic N) is 2. The number of amides is 2. The van der Waals surface area contributed by atoms with Crippen LogP contribution in [0.5, 0.6) is 5.75 Å². The number of anilines is 1. The number of carbonyl (C=O) groups is 2. The molecule has 4 aromatic rings. The fraction of sp³-hybridized carbons (Fsp3) is 0.300. The molecule has 0 radical (unpaired) electrons. The molecule has 5 rings (SSSR count). The molecular weight excluding hydrogens is 644 g/mol. The lowest BCUT2D eigenvalue weighted by molar-refractivity contribution is -0.157. The molecule has 1 fully saturated rings. The summed E-state index contributed by atoms with van der Waals surface area (Å²) in [6, 6.07) is 9.90. The van der Waals surface area contributed by atoms with Crippen LogP contribution in [0.25, 0.3) is 11.0 Å². The third-order valence-electron chi connectivity index (χ3n) is 7.29. The van der Waals surface area contributed by atoms with Gasteiger partial charge in [0.2, 0.25) is 5.91 Å². The van der Waals surface area contributed by atoms with Crippen molar-refractivity contribution in [1.82, 2.24) is 14.9 Å². The van der Waals surface area contributed by atoms with E-state index < -0.39 is 30.2 Å². The van der Waals surface area contributed by atoms with Gasteiger partial charge in [0, 0.05) is 36.8 Å². The molecule has 2 amide bonds. The lowest BCUT2D eigenvalue weighted by Crippen LogP contribution is -2.51. The minimum Gasteiger partial charge on any atom is -0.487 e. The fourth-order valence-electron chi connectivity index (χ4n) is 4.68. The molecule has 44 heavy (non-hydrogen) atoms. The molecule has 0 atom stereocenters. The Labute approximate surface area is 265 Å². The summed E-state index contributed by atoms with van der Waals surface area (Å²) in [6.45, 7) is 1.76. The molecule has 14 heteroatoms. The first-order valence-electron chi connectivity index (χ1n) is 13.3. The van der Waals surface area contributed by atoms with Gasteiger partial charge in [-0.15, -0.1) is 0 Å². The van der Waals surface area contributed by atoms with Gasteiger partial charge in [-0.3, -0.25) is 9.59 Å². The maximum atomic E-state index is 13.6. The van der Waals surface area contributed by atoms with Gasteiger partial charge in [0.15, 0.2) is 0 Å². The van der Waals surface area contributed by atoms with Crippen molar-refractivity contribution in [1.29, 1.82) is 0 Å². The number of rotatable bonds is 10. The highest BCUT2D eigenvalue weighted by Crippen LogP contribution is 2.33. The second-order valence-electron chi connectivity index (χ2n) is 10.6. The van der Waals surface area contributed by atoms with E-state index in [0.29, 0.717) is 51.2 Å². The van der Waals surface area contributed by atoms with Crippen molar-refractivity contribution in [2.24, 2.45) is 12.5 Å².